The van der Waals surface area contributed by atoms with Crippen LogP contribution in [0.5, 0.6) is 5.75 Å². The smallest absolute Gasteiger partial charge is 0.159 e. The number of hydrogen-bond donors (Lipinski definition) is 2. The molecule has 2 aromatic heterocycles. The van der Waals surface area contributed by atoms with Gasteiger partial charge in [-0.15, -0.1) is 0 Å². The normalized spacial score (nSPS) is 13.2. The van der Waals surface area contributed by atoms with E-state index in [1.807, 2.05) is 54.9 Å². The van der Waals surface area contributed by atoms with Crippen LogP contribution in [0.2, 0.25) is 0 Å². The number of hydrogen-bond acceptors (Lipinski definition) is 7. The molecular formula is C21H22N6O2. The molecule has 8 heteroatoms. The van der Waals surface area contributed by atoms with Crippen LogP contribution in [-0.2, 0) is 13.6 Å². The molecule has 0 unspecified atom stereocenters. The van der Waals surface area contributed by atoms with Crippen LogP contribution in [0, 0.1) is 0 Å². The standard InChI is InChI=1S/C21H22N6O2/c1-26-15-18(11-24-26)20-6-3-7-27(25-20)14-16-4-2-5-17(10-16)21-22-12-19(13-23-21)29-9-8-28/h2-7,10-13,15,25,28H,8-9,14H2,1H3. The highest BCUT2D eigenvalue weighted by atomic mass is 16.5. The lowest BCUT2D eigenvalue weighted by molar-refractivity contribution is 0.200. The largest absolute Gasteiger partial charge is 0.488 e. The van der Waals surface area contributed by atoms with Gasteiger partial charge in [-0.25, -0.2) is 9.97 Å². The fourth-order valence-electron chi connectivity index (χ4n) is 2.99. The first-order valence-corrected chi connectivity index (χ1v) is 9.27. The summed E-state index contributed by atoms with van der Waals surface area (Å²) in [7, 11) is 1.90. The van der Waals surface area contributed by atoms with Crippen molar-refractivity contribution in [3.05, 3.63) is 78.5 Å². The van der Waals surface area contributed by atoms with Gasteiger partial charge >= 0.3 is 0 Å². The van der Waals surface area contributed by atoms with Crippen LogP contribution >= 0.6 is 0 Å². The number of nitrogens with zero attached hydrogens (tertiary/aromatic N) is 5. The van der Waals surface area contributed by atoms with Gasteiger partial charge in [0.1, 0.15) is 6.61 Å². The van der Waals surface area contributed by atoms with E-state index in [1.54, 1.807) is 17.1 Å². The van der Waals surface area contributed by atoms with E-state index >= 15 is 0 Å². The molecule has 1 aliphatic heterocycles. The fraction of sp³-hybridized carbons (Fsp3) is 0.190. The molecule has 0 saturated carbocycles. The molecular weight excluding hydrogens is 368 g/mol. The maximum Gasteiger partial charge on any atom is 0.159 e. The van der Waals surface area contributed by atoms with Crippen molar-refractivity contribution in [3.63, 3.8) is 0 Å². The Morgan fingerprint density at radius 1 is 1.14 bits per heavy atom. The minimum absolute atomic E-state index is 0.0412. The van der Waals surface area contributed by atoms with Gasteiger partial charge < -0.3 is 9.84 Å². The van der Waals surface area contributed by atoms with Gasteiger partial charge in [-0.05, 0) is 23.8 Å². The topological polar surface area (TPSA) is 88.3 Å². The van der Waals surface area contributed by atoms with Crippen molar-refractivity contribution in [2.75, 3.05) is 13.2 Å². The summed E-state index contributed by atoms with van der Waals surface area (Å²) >= 11 is 0. The van der Waals surface area contributed by atoms with Crippen LogP contribution in [-0.4, -0.2) is 43.1 Å². The maximum absolute atomic E-state index is 8.82. The number of ether oxygens (including phenoxy) is 1. The predicted octanol–water partition coefficient (Wildman–Crippen LogP) is 2.12. The van der Waals surface area contributed by atoms with Gasteiger partial charge in [0.25, 0.3) is 0 Å². The van der Waals surface area contributed by atoms with Crippen LogP contribution in [0.3, 0.4) is 0 Å². The first-order valence-electron chi connectivity index (χ1n) is 9.27. The van der Waals surface area contributed by atoms with Crippen molar-refractivity contribution in [2.45, 2.75) is 6.54 Å². The van der Waals surface area contributed by atoms with Gasteiger partial charge in [0.05, 0.1) is 37.4 Å². The molecule has 0 spiro atoms. The van der Waals surface area contributed by atoms with Crippen molar-refractivity contribution >= 4 is 5.70 Å². The lowest BCUT2D eigenvalue weighted by atomic mass is 10.1. The molecule has 1 aliphatic rings. The fourth-order valence-corrected chi connectivity index (χ4v) is 2.99. The Bertz CT molecular complexity index is 1030. The van der Waals surface area contributed by atoms with E-state index in [2.05, 4.69) is 32.6 Å². The zero-order chi connectivity index (χ0) is 20.1. The van der Waals surface area contributed by atoms with E-state index in [0.717, 1.165) is 22.4 Å². The molecule has 4 rings (SSSR count). The van der Waals surface area contributed by atoms with Crippen molar-refractivity contribution in [2.24, 2.45) is 7.05 Å². The van der Waals surface area contributed by atoms with E-state index in [0.29, 0.717) is 18.1 Å². The number of aliphatic hydroxyl groups is 1. The summed E-state index contributed by atoms with van der Waals surface area (Å²) < 4.78 is 7.09. The summed E-state index contributed by atoms with van der Waals surface area (Å²) in [5.41, 5.74) is 7.49. The highest BCUT2D eigenvalue weighted by molar-refractivity contribution is 5.65. The number of aryl methyl sites for hydroxylation is 1. The van der Waals surface area contributed by atoms with Crippen LogP contribution < -0.4 is 10.2 Å². The molecule has 8 nitrogen and oxygen atoms in total. The average Bonchev–Trinajstić information content (AvgIpc) is 3.19. The summed E-state index contributed by atoms with van der Waals surface area (Å²) in [6.45, 7) is 0.865. The van der Waals surface area contributed by atoms with E-state index < -0.39 is 0 Å². The van der Waals surface area contributed by atoms with Crippen LogP contribution in [0.15, 0.2) is 67.4 Å². The number of aromatic nitrogens is 4. The summed E-state index contributed by atoms with van der Waals surface area (Å²) in [5.74, 6) is 1.16. The van der Waals surface area contributed by atoms with Gasteiger partial charge in [0.2, 0.25) is 0 Å². The third kappa shape index (κ3) is 4.61. The molecule has 148 valence electrons. The Kier molecular flexibility index (Phi) is 5.53. The molecule has 3 aromatic rings. The summed E-state index contributed by atoms with van der Waals surface area (Å²) in [6.07, 6.45) is 13.1. The van der Waals surface area contributed by atoms with Crippen LogP contribution in [0.25, 0.3) is 17.1 Å². The molecule has 29 heavy (non-hydrogen) atoms. The van der Waals surface area contributed by atoms with Crippen LogP contribution in [0.1, 0.15) is 11.1 Å². The zero-order valence-electron chi connectivity index (χ0n) is 16.1. The van der Waals surface area contributed by atoms with Gasteiger partial charge in [0, 0.05) is 30.6 Å². The van der Waals surface area contributed by atoms with Crippen molar-refractivity contribution < 1.29 is 9.84 Å². The maximum atomic E-state index is 8.82. The van der Waals surface area contributed by atoms with Gasteiger partial charge in [-0.1, -0.05) is 18.2 Å². The SMILES string of the molecule is Cn1cc(C2=CC=CN(Cc3cccc(-c4ncc(OCCO)cn4)c3)N2)cn1. The summed E-state index contributed by atoms with van der Waals surface area (Å²) in [5, 5.41) is 15.1. The molecule has 0 amide bonds. The number of rotatable bonds is 7. The van der Waals surface area contributed by atoms with E-state index in [9.17, 15) is 0 Å². The van der Waals surface area contributed by atoms with Crippen LogP contribution in [0.4, 0.5) is 0 Å². The Balaban J connectivity index is 1.44. The summed E-state index contributed by atoms with van der Waals surface area (Å²) in [4.78, 5) is 8.73. The molecule has 3 heterocycles. The van der Waals surface area contributed by atoms with Crippen molar-refractivity contribution in [1.29, 1.82) is 0 Å². The molecule has 0 atom stereocenters. The molecule has 0 saturated heterocycles. The molecule has 0 radical (unpaired) electrons. The second kappa shape index (κ2) is 8.57. The van der Waals surface area contributed by atoms with Gasteiger partial charge in [-0.2, -0.15) is 5.10 Å². The quantitative estimate of drug-likeness (QED) is 0.639. The van der Waals surface area contributed by atoms with Gasteiger partial charge in [-0.3, -0.25) is 15.1 Å². The second-order valence-corrected chi connectivity index (χ2v) is 6.58. The lowest BCUT2D eigenvalue weighted by Gasteiger charge is -2.26. The van der Waals surface area contributed by atoms with E-state index in [4.69, 9.17) is 9.84 Å². The van der Waals surface area contributed by atoms with E-state index in [1.165, 1.54) is 0 Å². The Morgan fingerprint density at radius 3 is 2.76 bits per heavy atom. The minimum atomic E-state index is -0.0412. The van der Waals surface area contributed by atoms with E-state index in [-0.39, 0.29) is 13.2 Å². The minimum Gasteiger partial charge on any atom is -0.488 e. The molecule has 2 N–H and O–H groups in total. The predicted molar refractivity (Wildman–Crippen MR) is 109 cm³/mol. The lowest BCUT2D eigenvalue weighted by Crippen LogP contribution is -2.33. The first-order chi connectivity index (χ1) is 14.2. The number of benzene rings is 1. The number of nitrogens with one attached hydrogen (secondary N) is 1. The third-order valence-corrected chi connectivity index (χ3v) is 4.34. The first kappa shape index (κ1) is 18.7. The monoisotopic (exact) mass is 390 g/mol. The van der Waals surface area contributed by atoms with Crippen molar-refractivity contribution in [1.82, 2.24) is 30.2 Å². The average molecular weight is 390 g/mol. The highest BCUT2D eigenvalue weighted by Crippen LogP contribution is 2.20. The molecule has 0 aliphatic carbocycles. The Morgan fingerprint density at radius 2 is 2.00 bits per heavy atom. The number of allylic oxidation sites excluding steroid dienone is 2. The Hall–Kier alpha value is -3.65. The molecule has 1 aromatic carbocycles. The second-order valence-electron chi connectivity index (χ2n) is 6.58. The number of hydrazine groups is 1. The zero-order valence-corrected chi connectivity index (χ0v) is 16.1. The van der Waals surface area contributed by atoms with Gasteiger partial charge in [0.15, 0.2) is 11.6 Å². The molecule has 0 bridgehead atoms. The third-order valence-electron chi connectivity index (χ3n) is 4.34. The molecule has 0 fully saturated rings. The number of aliphatic hydroxyl groups excluding tert-OH is 1. The van der Waals surface area contributed by atoms with Crippen molar-refractivity contribution in [3.8, 4) is 17.1 Å². The summed E-state index contributed by atoms with van der Waals surface area (Å²) in [6, 6.07) is 8.12. The highest BCUT2D eigenvalue weighted by Gasteiger charge is 2.11. The Labute approximate surface area is 168 Å².